The highest BCUT2D eigenvalue weighted by Crippen LogP contribution is 2.32. The van der Waals surface area contributed by atoms with Gasteiger partial charge < -0.3 is 15.2 Å². The summed E-state index contributed by atoms with van der Waals surface area (Å²) in [6.45, 7) is 5.48. The number of hydrogen-bond acceptors (Lipinski definition) is 5. The summed E-state index contributed by atoms with van der Waals surface area (Å²) in [6.07, 6.45) is 3.03. The van der Waals surface area contributed by atoms with E-state index >= 15 is 0 Å². The number of aromatic nitrogens is 1. The molecule has 0 aliphatic rings. The van der Waals surface area contributed by atoms with Crippen LogP contribution in [0.1, 0.15) is 32.0 Å². The van der Waals surface area contributed by atoms with Gasteiger partial charge in [0.25, 0.3) is 10.0 Å². The van der Waals surface area contributed by atoms with Gasteiger partial charge in [-0.3, -0.25) is 0 Å². The fraction of sp³-hybridized carbons (Fsp3) is 0.292. The second-order valence-electron chi connectivity index (χ2n) is 7.85. The average Bonchev–Trinajstić information content (AvgIpc) is 3.07. The Kier molecular flexibility index (Phi) is 7.06. The van der Waals surface area contributed by atoms with Gasteiger partial charge in [0.1, 0.15) is 0 Å². The van der Waals surface area contributed by atoms with Gasteiger partial charge in [-0.05, 0) is 57.0 Å². The first-order chi connectivity index (χ1) is 15.1. The van der Waals surface area contributed by atoms with E-state index in [1.54, 1.807) is 75.4 Å². The zero-order valence-corrected chi connectivity index (χ0v) is 19.2. The number of amides is 1. The van der Waals surface area contributed by atoms with Crippen LogP contribution < -0.4 is 5.32 Å². The topological polar surface area (TPSA) is 97.6 Å². The predicted octanol–water partition coefficient (Wildman–Crippen LogP) is 3.95. The molecular weight excluding hydrogens is 428 g/mol. The molecule has 32 heavy (non-hydrogen) atoms. The zero-order valence-electron chi connectivity index (χ0n) is 18.4. The molecule has 170 valence electrons. The highest BCUT2D eigenvalue weighted by atomic mass is 32.2. The van der Waals surface area contributed by atoms with Gasteiger partial charge in [-0.2, -0.15) is 0 Å². The van der Waals surface area contributed by atoms with Crippen LogP contribution in [0, 0.1) is 0 Å². The molecule has 0 saturated carbocycles. The normalized spacial score (nSPS) is 12.4. The summed E-state index contributed by atoms with van der Waals surface area (Å²) in [6, 6.07) is 15.4. The van der Waals surface area contributed by atoms with Crippen LogP contribution in [-0.2, 0) is 21.2 Å². The number of nitrogens with zero attached hydrogens (tertiary/aromatic N) is 1. The summed E-state index contributed by atoms with van der Waals surface area (Å²) in [4.78, 5) is 11.9. The number of carbonyl (C=O) groups is 1. The number of alkyl carbamates (subject to hydrolysis) is 1. The van der Waals surface area contributed by atoms with E-state index in [-0.39, 0.29) is 18.0 Å². The smallest absolute Gasteiger partial charge is 0.407 e. The Morgan fingerprint density at radius 1 is 1.12 bits per heavy atom. The first-order valence-corrected chi connectivity index (χ1v) is 11.8. The second kappa shape index (κ2) is 9.58. The highest BCUT2D eigenvalue weighted by molar-refractivity contribution is 7.90. The van der Waals surface area contributed by atoms with Gasteiger partial charge in [0, 0.05) is 11.9 Å². The molecule has 0 fully saturated rings. The van der Waals surface area contributed by atoms with Crippen LogP contribution in [0.2, 0.25) is 0 Å². The van der Waals surface area contributed by atoms with Crippen LogP contribution >= 0.6 is 0 Å². The molecule has 2 N–H and O–H groups in total. The fourth-order valence-corrected chi connectivity index (χ4v) is 5.00. The van der Waals surface area contributed by atoms with Gasteiger partial charge in [0.2, 0.25) is 0 Å². The van der Waals surface area contributed by atoms with Gasteiger partial charge >= 0.3 is 6.09 Å². The molecule has 2 aromatic carbocycles. The number of nitrogens with one attached hydrogen (secondary N) is 1. The maximum absolute atomic E-state index is 13.7. The summed E-state index contributed by atoms with van der Waals surface area (Å²) >= 11 is 0. The standard InChI is InChI=1S/C24H28N2O5S/c1-4-31-23(27)25-17-15-20-19-12-8-9-13-21(19)26(22(20)14-16-24(2,3)28)32(29,30)18-10-6-5-7-11-18/h5-14,16,28H,4,15,17H2,1-3H3,(H,25,27)/b16-14+. The van der Waals surface area contributed by atoms with Crippen LogP contribution in [0.5, 0.6) is 0 Å². The summed E-state index contributed by atoms with van der Waals surface area (Å²) in [7, 11) is -3.92. The fourth-order valence-electron chi connectivity index (χ4n) is 3.44. The molecule has 0 atom stereocenters. The highest BCUT2D eigenvalue weighted by Gasteiger charge is 2.26. The molecule has 0 aliphatic heterocycles. The Bertz CT molecular complexity index is 1220. The maximum atomic E-state index is 13.7. The van der Waals surface area contributed by atoms with E-state index in [1.807, 2.05) is 12.1 Å². The van der Waals surface area contributed by atoms with Crippen molar-refractivity contribution in [2.24, 2.45) is 0 Å². The molecule has 1 aromatic heterocycles. The maximum Gasteiger partial charge on any atom is 0.407 e. The molecule has 0 aliphatic carbocycles. The monoisotopic (exact) mass is 456 g/mol. The van der Waals surface area contributed by atoms with Crippen molar-refractivity contribution in [2.45, 2.75) is 37.7 Å². The Labute approximate surface area is 188 Å². The van der Waals surface area contributed by atoms with Gasteiger partial charge in [0.15, 0.2) is 0 Å². The van der Waals surface area contributed by atoms with Crippen molar-refractivity contribution in [3.05, 3.63) is 71.9 Å². The van der Waals surface area contributed by atoms with Crippen molar-refractivity contribution < 1.29 is 23.1 Å². The molecule has 0 unspecified atom stereocenters. The van der Waals surface area contributed by atoms with E-state index < -0.39 is 21.7 Å². The van der Waals surface area contributed by atoms with Crippen LogP contribution in [0.15, 0.2) is 65.6 Å². The van der Waals surface area contributed by atoms with E-state index in [0.29, 0.717) is 17.6 Å². The molecule has 0 bridgehead atoms. The van der Waals surface area contributed by atoms with Crippen LogP contribution in [0.25, 0.3) is 17.0 Å². The van der Waals surface area contributed by atoms with Crippen molar-refractivity contribution in [1.82, 2.24) is 9.29 Å². The van der Waals surface area contributed by atoms with Crippen LogP contribution in [-0.4, -0.2) is 42.3 Å². The number of aliphatic hydroxyl groups is 1. The third-order valence-corrected chi connectivity index (χ3v) is 6.57. The van der Waals surface area contributed by atoms with Crippen molar-refractivity contribution in [2.75, 3.05) is 13.2 Å². The van der Waals surface area contributed by atoms with Crippen molar-refractivity contribution in [3.8, 4) is 0 Å². The molecule has 0 spiro atoms. The summed E-state index contributed by atoms with van der Waals surface area (Å²) < 4.78 is 33.5. The van der Waals surface area contributed by atoms with Gasteiger partial charge in [-0.25, -0.2) is 17.2 Å². The van der Waals surface area contributed by atoms with Gasteiger partial charge in [-0.15, -0.1) is 0 Å². The largest absolute Gasteiger partial charge is 0.450 e. The quantitative estimate of drug-likeness (QED) is 0.535. The molecule has 0 saturated heterocycles. The number of para-hydroxylation sites is 1. The third kappa shape index (κ3) is 5.20. The Hall–Kier alpha value is -3.10. The Balaban J connectivity index is 2.19. The Morgan fingerprint density at radius 2 is 1.78 bits per heavy atom. The van der Waals surface area contributed by atoms with Crippen molar-refractivity contribution in [1.29, 1.82) is 0 Å². The van der Waals surface area contributed by atoms with E-state index in [1.165, 1.54) is 3.97 Å². The van der Waals surface area contributed by atoms with Crippen molar-refractivity contribution in [3.63, 3.8) is 0 Å². The summed E-state index contributed by atoms with van der Waals surface area (Å²) in [5, 5.41) is 13.7. The van der Waals surface area contributed by atoms with E-state index in [2.05, 4.69) is 5.32 Å². The second-order valence-corrected chi connectivity index (χ2v) is 9.63. The number of hydrogen-bond donors (Lipinski definition) is 2. The van der Waals surface area contributed by atoms with Crippen molar-refractivity contribution >= 4 is 33.1 Å². The van der Waals surface area contributed by atoms with Crippen LogP contribution in [0.3, 0.4) is 0 Å². The number of benzene rings is 2. The number of carbonyl (C=O) groups excluding carboxylic acids is 1. The van der Waals surface area contributed by atoms with Crippen LogP contribution in [0.4, 0.5) is 4.79 Å². The SMILES string of the molecule is CCOC(=O)NCCc1c(/C=C/C(C)(C)O)n(S(=O)(=O)c2ccccc2)c2ccccc12. The lowest BCUT2D eigenvalue weighted by atomic mass is 10.0. The lowest BCUT2D eigenvalue weighted by Gasteiger charge is -2.14. The average molecular weight is 457 g/mol. The minimum absolute atomic E-state index is 0.162. The molecule has 1 heterocycles. The molecule has 1 amide bonds. The lowest BCUT2D eigenvalue weighted by molar-refractivity contribution is 0.134. The molecular formula is C24H28N2O5S. The molecule has 3 aromatic rings. The third-order valence-electron chi connectivity index (χ3n) is 4.83. The van der Waals surface area contributed by atoms with E-state index in [0.717, 1.165) is 10.9 Å². The van der Waals surface area contributed by atoms with E-state index in [4.69, 9.17) is 4.74 Å². The Morgan fingerprint density at radius 3 is 2.44 bits per heavy atom. The van der Waals surface area contributed by atoms with Gasteiger partial charge in [-0.1, -0.05) is 42.5 Å². The molecule has 0 radical (unpaired) electrons. The van der Waals surface area contributed by atoms with Gasteiger partial charge in [0.05, 0.1) is 28.3 Å². The lowest BCUT2D eigenvalue weighted by Crippen LogP contribution is -2.26. The molecule has 7 nitrogen and oxygen atoms in total. The summed E-state index contributed by atoms with van der Waals surface area (Å²) in [5.74, 6) is 0. The number of ether oxygens (including phenoxy) is 1. The minimum atomic E-state index is -3.92. The first kappa shape index (κ1) is 23.6. The summed E-state index contributed by atoms with van der Waals surface area (Å²) in [5.41, 5.74) is 0.566. The minimum Gasteiger partial charge on any atom is -0.450 e. The van der Waals surface area contributed by atoms with E-state index in [9.17, 15) is 18.3 Å². The molecule has 3 rings (SSSR count). The number of rotatable bonds is 8. The molecule has 8 heteroatoms. The first-order valence-electron chi connectivity index (χ1n) is 10.4. The zero-order chi connectivity index (χ0) is 23.4. The number of fused-ring (bicyclic) bond motifs is 1. The predicted molar refractivity (Wildman–Crippen MR) is 125 cm³/mol.